The molecule has 0 N–H and O–H groups in total. The van der Waals surface area contributed by atoms with Gasteiger partial charge in [0, 0.05) is 18.7 Å². The molecule has 1 heterocycles. The van der Waals surface area contributed by atoms with E-state index in [2.05, 4.69) is 6.58 Å². The van der Waals surface area contributed by atoms with Crippen LogP contribution in [0.1, 0.15) is 12.0 Å². The van der Waals surface area contributed by atoms with Gasteiger partial charge in [0.1, 0.15) is 0 Å². The van der Waals surface area contributed by atoms with Crippen LogP contribution < -0.4 is 14.4 Å². The second-order valence-corrected chi connectivity index (χ2v) is 6.17. The topological polar surface area (TPSA) is 38.8 Å². The minimum absolute atomic E-state index is 0.0309. The standard InChI is InChI=1S/C20H20ClNO3/c1-2-9-22(16-7-4-3-5-8-16)19(23)14-15-12-17(21)20-18(13-15)24-10-6-11-25-20/h2-5,7-8,12-13H,1,6,9-11,14H2. The number of nitrogens with zero attached hydrogens (tertiary/aromatic N) is 1. The molecule has 0 saturated carbocycles. The number of rotatable bonds is 5. The van der Waals surface area contributed by atoms with E-state index in [9.17, 15) is 4.79 Å². The normalized spacial score (nSPS) is 13.0. The average Bonchev–Trinajstić information content (AvgIpc) is 2.86. The summed E-state index contributed by atoms with van der Waals surface area (Å²) in [7, 11) is 0. The molecule has 5 heteroatoms. The fraction of sp³-hybridized carbons (Fsp3) is 0.250. The highest BCUT2D eigenvalue weighted by Crippen LogP contribution is 2.38. The van der Waals surface area contributed by atoms with Gasteiger partial charge in [0.05, 0.1) is 24.7 Å². The second-order valence-electron chi connectivity index (χ2n) is 5.76. The molecule has 0 radical (unpaired) electrons. The van der Waals surface area contributed by atoms with E-state index >= 15 is 0 Å². The molecule has 3 rings (SSSR count). The number of hydrogen-bond donors (Lipinski definition) is 0. The van der Waals surface area contributed by atoms with Crippen LogP contribution in [0.25, 0.3) is 0 Å². The lowest BCUT2D eigenvalue weighted by molar-refractivity contribution is -0.117. The summed E-state index contributed by atoms with van der Waals surface area (Å²) in [6.07, 6.45) is 2.74. The van der Waals surface area contributed by atoms with Crippen molar-refractivity contribution in [2.45, 2.75) is 12.8 Å². The van der Waals surface area contributed by atoms with Gasteiger partial charge in [0.25, 0.3) is 0 Å². The number of halogens is 1. The van der Waals surface area contributed by atoms with Crippen molar-refractivity contribution in [1.82, 2.24) is 0 Å². The molecule has 0 spiro atoms. The molecule has 0 aliphatic carbocycles. The summed E-state index contributed by atoms with van der Waals surface area (Å²) in [5.74, 6) is 1.13. The highest BCUT2D eigenvalue weighted by atomic mass is 35.5. The SMILES string of the molecule is C=CCN(C(=O)Cc1cc(Cl)c2c(c1)OCCCO2)c1ccccc1. The van der Waals surface area contributed by atoms with Gasteiger partial charge in [-0.05, 0) is 29.8 Å². The number of para-hydroxylation sites is 1. The van der Waals surface area contributed by atoms with Crippen LogP contribution in [0.3, 0.4) is 0 Å². The number of amides is 1. The number of benzene rings is 2. The van der Waals surface area contributed by atoms with Crippen LogP contribution in [-0.2, 0) is 11.2 Å². The zero-order valence-corrected chi connectivity index (χ0v) is 14.7. The highest BCUT2D eigenvalue weighted by Gasteiger charge is 2.19. The molecule has 2 aromatic rings. The van der Waals surface area contributed by atoms with E-state index in [0.717, 1.165) is 17.7 Å². The van der Waals surface area contributed by atoms with E-state index < -0.39 is 0 Å². The van der Waals surface area contributed by atoms with Gasteiger partial charge in [-0.1, -0.05) is 35.9 Å². The van der Waals surface area contributed by atoms with Crippen molar-refractivity contribution >= 4 is 23.2 Å². The first-order valence-corrected chi connectivity index (χ1v) is 8.61. The number of anilines is 1. The maximum absolute atomic E-state index is 12.8. The van der Waals surface area contributed by atoms with E-state index in [-0.39, 0.29) is 12.3 Å². The number of fused-ring (bicyclic) bond motifs is 1. The molecular weight excluding hydrogens is 338 g/mol. The van der Waals surface area contributed by atoms with Crippen LogP contribution >= 0.6 is 11.6 Å². The quantitative estimate of drug-likeness (QED) is 0.750. The Bertz CT molecular complexity index is 761. The van der Waals surface area contributed by atoms with Gasteiger partial charge in [0.15, 0.2) is 11.5 Å². The molecule has 25 heavy (non-hydrogen) atoms. The first kappa shape index (κ1) is 17.4. The largest absolute Gasteiger partial charge is 0.489 e. The number of ether oxygens (including phenoxy) is 2. The van der Waals surface area contributed by atoms with E-state index in [4.69, 9.17) is 21.1 Å². The van der Waals surface area contributed by atoms with Crippen molar-refractivity contribution in [2.75, 3.05) is 24.7 Å². The van der Waals surface area contributed by atoms with Crippen LogP contribution in [0, 0.1) is 0 Å². The predicted molar refractivity (Wildman–Crippen MR) is 99.8 cm³/mol. The van der Waals surface area contributed by atoms with Gasteiger partial charge in [-0.2, -0.15) is 0 Å². The Morgan fingerprint density at radius 2 is 1.96 bits per heavy atom. The van der Waals surface area contributed by atoms with Gasteiger partial charge in [0.2, 0.25) is 5.91 Å². The Labute approximate surface area is 152 Å². The maximum Gasteiger partial charge on any atom is 0.231 e. The van der Waals surface area contributed by atoms with Crippen LogP contribution in [0.5, 0.6) is 11.5 Å². The summed E-state index contributed by atoms with van der Waals surface area (Å²) in [6.45, 7) is 5.34. The molecule has 0 unspecified atom stereocenters. The minimum atomic E-state index is -0.0309. The highest BCUT2D eigenvalue weighted by molar-refractivity contribution is 6.32. The summed E-state index contributed by atoms with van der Waals surface area (Å²) in [6, 6.07) is 13.1. The smallest absolute Gasteiger partial charge is 0.231 e. The molecule has 1 aliphatic heterocycles. The van der Waals surface area contributed by atoms with E-state index in [0.29, 0.717) is 36.3 Å². The molecule has 0 saturated heterocycles. The number of hydrogen-bond acceptors (Lipinski definition) is 3. The minimum Gasteiger partial charge on any atom is -0.489 e. The van der Waals surface area contributed by atoms with Crippen molar-refractivity contribution in [3.8, 4) is 11.5 Å². The van der Waals surface area contributed by atoms with Crippen molar-refractivity contribution in [2.24, 2.45) is 0 Å². The zero-order valence-electron chi connectivity index (χ0n) is 13.9. The van der Waals surface area contributed by atoms with Crippen LogP contribution in [0.15, 0.2) is 55.1 Å². The summed E-state index contributed by atoms with van der Waals surface area (Å²) in [4.78, 5) is 14.5. The Morgan fingerprint density at radius 3 is 2.72 bits per heavy atom. The molecular formula is C20H20ClNO3. The summed E-state index contributed by atoms with van der Waals surface area (Å²) < 4.78 is 11.3. The monoisotopic (exact) mass is 357 g/mol. The van der Waals surface area contributed by atoms with Gasteiger partial charge >= 0.3 is 0 Å². The maximum atomic E-state index is 12.8. The van der Waals surface area contributed by atoms with Gasteiger partial charge < -0.3 is 14.4 Å². The molecule has 130 valence electrons. The zero-order chi connectivity index (χ0) is 17.6. The van der Waals surface area contributed by atoms with Crippen molar-refractivity contribution < 1.29 is 14.3 Å². The van der Waals surface area contributed by atoms with Gasteiger partial charge in [-0.25, -0.2) is 0 Å². The van der Waals surface area contributed by atoms with Crippen molar-refractivity contribution in [3.63, 3.8) is 0 Å². The third kappa shape index (κ3) is 4.15. The van der Waals surface area contributed by atoms with Gasteiger partial charge in [-0.15, -0.1) is 6.58 Å². The third-order valence-electron chi connectivity index (χ3n) is 3.90. The molecule has 0 atom stereocenters. The first-order valence-electron chi connectivity index (χ1n) is 8.23. The summed E-state index contributed by atoms with van der Waals surface area (Å²) in [5.41, 5.74) is 1.64. The van der Waals surface area contributed by atoms with Crippen LogP contribution in [0.4, 0.5) is 5.69 Å². The Hall–Kier alpha value is -2.46. The van der Waals surface area contributed by atoms with Crippen molar-refractivity contribution in [3.05, 3.63) is 65.7 Å². The van der Waals surface area contributed by atoms with Crippen LogP contribution in [-0.4, -0.2) is 25.7 Å². The Balaban J connectivity index is 1.83. The molecule has 2 aromatic carbocycles. The summed E-state index contributed by atoms with van der Waals surface area (Å²) >= 11 is 6.31. The fourth-order valence-electron chi connectivity index (χ4n) is 2.74. The number of carbonyl (C=O) groups excluding carboxylic acids is 1. The lowest BCUT2D eigenvalue weighted by atomic mass is 10.1. The van der Waals surface area contributed by atoms with E-state index in [1.54, 1.807) is 17.0 Å². The Kier molecular flexibility index (Phi) is 5.61. The Morgan fingerprint density at radius 1 is 1.20 bits per heavy atom. The molecule has 1 aliphatic rings. The molecule has 0 fully saturated rings. The first-order chi connectivity index (χ1) is 12.2. The van der Waals surface area contributed by atoms with Crippen LogP contribution in [0.2, 0.25) is 5.02 Å². The number of carbonyl (C=O) groups is 1. The lowest BCUT2D eigenvalue weighted by Crippen LogP contribution is -2.32. The predicted octanol–water partition coefficient (Wildman–Crippen LogP) is 4.26. The fourth-order valence-corrected chi connectivity index (χ4v) is 3.03. The molecule has 0 bridgehead atoms. The van der Waals surface area contributed by atoms with Crippen molar-refractivity contribution in [1.29, 1.82) is 0 Å². The van der Waals surface area contributed by atoms with Gasteiger partial charge in [-0.3, -0.25) is 4.79 Å². The van der Waals surface area contributed by atoms with E-state index in [1.165, 1.54) is 0 Å². The summed E-state index contributed by atoms with van der Waals surface area (Å²) in [5, 5.41) is 0.470. The lowest BCUT2D eigenvalue weighted by Gasteiger charge is -2.21. The van der Waals surface area contributed by atoms with E-state index in [1.807, 2.05) is 36.4 Å². The molecule has 0 aromatic heterocycles. The molecule has 4 nitrogen and oxygen atoms in total. The second kappa shape index (κ2) is 8.08. The third-order valence-corrected chi connectivity index (χ3v) is 4.18. The average molecular weight is 358 g/mol. The molecule has 1 amide bonds.